The number of carbonyl (C=O) groups is 1. The van der Waals surface area contributed by atoms with Gasteiger partial charge < -0.3 is 10.3 Å². The topological polar surface area (TPSA) is 64.3 Å². The molecule has 2 aliphatic rings. The molecule has 25 heavy (non-hydrogen) atoms. The molecular weight excluding hydrogens is 314 g/mol. The average Bonchev–Trinajstić information content (AvgIpc) is 3.25. The van der Waals surface area contributed by atoms with E-state index in [0.29, 0.717) is 12.6 Å². The standard InChI is InChI=1S/C19H27N5O/c25-19(20-15-5-1-2-6-15)14-24-11-9-23(10-12-24)13-18-21-16-7-3-4-8-17(16)22-18/h3-4,7-8,15H,1-2,5-6,9-14H2,(H,20,25)(H,21,22). The molecule has 0 atom stereocenters. The summed E-state index contributed by atoms with van der Waals surface area (Å²) >= 11 is 0. The zero-order valence-corrected chi connectivity index (χ0v) is 14.7. The minimum Gasteiger partial charge on any atom is -0.352 e. The number of benzene rings is 1. The van der Waals surface area contributed by atoms with Gasteiger partial charge in [-0.15, -0.1) is 0 Å². The summed E-state index contributed by atoms with van der Waals surface area (Å²) in [5, 5.41) is 3.18. The van der Waals surface area contributed by atoms with E-state index in [1.165, 1.54) is 12.8 Å². The van der Waals surface area contributed by atoms with Gasteiger partial charge in [0.05, 0.1) is 24.1 Å². The second kappa shape index (κ2) is 7.54. The molecule has 6 heteroatoms. The van der Waals surface area contributed by atoms with Gasteiger partial charge in [0, 0.05) is 32.2 Å². The summed E-state index contributed by atoms with van der Waals surface area (Å²) in [5.74, 6) is 1.21. The van der Waals surface area contributed by atoms with Crippen LogP contribution in [0.3, 0.4) is 0 Å². The molecule has 0 bridgehead atoms. The van der Waals surface area contributed by atoms with Gasteiger partial charge in [-0.3, -0.25) is 14.6 Å². The van der Waals surface area contributed by atoms with E-state index in [-0.39, 0.29) is 5.91 Å². The number of H-pyrrole nitrogens is 1. The molecule has 2 heterocycles. The van der Waals surface area contributed by atoms with Gasteiger partial charge in [0.2, 0.25) is 5.91 Å². The van der Waals surface area contributed by atoms with Gasteiger partial charge in [-0.2, -0.15) is 0 Å². The molecule has 1 aliphatic heterocycles. The van der Waals surface area contributed by atoms with Crippen LogP contribution in [0.5, 0.6) is 0 Å². The van der Waals surface area contributed by atoms with Crippen LogP contribution in [0.15, 0.2) is 24.3 Å². The lowest BCUT2D eigenvalue weighted by molar-refractivity contribution is -0.123. The molecule has 6 nitrogen and oxygen atoms in total. The SMILES string of the molecule is O=C(CN1CCN(Cc2nc3ccccc3[nH]2)CC1)NC1CCCC1. The minimum atomic E-state index is 0.192. The van der Waals surface area contributed by atoms with Gasteiger partial charge in [-0.1, -0.05) is 25.0 Å². The largest absolute Gasteiger partial charge is 0.352 e. The molecule has 0 spiro atoms. The third-order valence-electron chi connectivity index (χ3n) is 5.36. The van der Waals surface area contributed by atoms with E-state index in [4.69, 9.17) is 0 Å². The molecule has 1 aliphatic carbocycles. The lowest BCUT2D eigenvalue weighted by Gasteiger charge is -2.34. The molecule has 1 aromatic heterocycles. The van der Waals surface area contributed by atoms with Crippen molar-refractivity contribution >= 4 is 16.9 Å². The minimum absolute atomic E-state index is 0.192. The number of para-hydroxylation sites is 2. The number of hydrogen-bond donors (Lipinski definition) is 2. The third kappa shape index (κ3) is 4.19. The number of hydrogen-bond acceptors (Lipinski definition) is 4. The number of fused-ring (bicyclic) bond motifs is 1. The molecule has 4 rings (SSSR count). The molecule has 2 aromatic rings. The maximum absolute atomic E-state index is 12.2. The van der Waals surface area contributed by atoms with Crippen LogP contribution in [0.25, 0.3) is 11.0 Å². The first-order valence-electron chi connectivity index (χ1n) is 9.44. The third-order valence-corrected chi connectivity index (χ3v) is 5.36. The van der Waals surface area contributed by atoms with Gasteiger partial charge in [0.25, 0.3) is 0 Å². The van der Waals surface area contributed by atoms with E-state index in [1.807, 2.05) is 18.2 Å². The van der Waals surface area contributed by atoms with Crippen molar-refractivity contribution in [2.45, 2.75) is 38.3 Å². The molecule has 0 unspecified atom stereocenters. The van der Waals surface area contributed by atoms with Crippen molar-refractivity contribution in [3.05, 3.63) is 30.1 Å². The van der Waals surface area contributed by atoms with E-state index in [9.17, 15) is 4.79 Å². The second-order valence-electron chi connectivity index (χ2n) is 7.30. The summed E-state index contributed by atoms with van der Waals surface area (Å²) in [7, 11) is 0. The number of piperazine rings is 1. The first-order valence-corrected chi connectivity index (χ1v) is 9.44. The van der Waals surface area contributed by atoms with Gasteiger partial charge in [-0.25, -0.2) is 4.98 Å². The summed E-state index contributed by atoms with van der Waals surface area (Å²) in [6, 6.07) is 8.56. The van der Waals surface area contributed by atoms with Gasteiger partial charge >= 0.3 is 0 Å². The van der Waals surface area contributed by atoms with Crippen molar-refractivity contribution in [3.8, 4) is 0 Å². The molecule has 0 radical (unpaired) electrons. The Kier molecular flexibility index (Phi) is 4.99. The van der Waals surface area contributed by atoms with Crippen molar-refractivity contribution in [2.75, 3.05) is 32.7 Å². The first kappa shape index (κ1) is 16.5. The van der Waals surface area contributed by atoms with Crippen molar-refractivity contribution in [3.63, 3.8) is 0 Å². The number of carbonyl (C=O) groups excluding carboxylic acids is 1. The highest BCUT2D eigenvalue weighted by molar-refractivity contribution is 5.78. The summed E-state index contributed by atoms with van der Waals surface area (Å²) in [5.41, 5.74) is 2.12. The number of amides is 1. The van der Waals surface area contributed by atoms with Gasteiger partial charge in [0.15, 0.2) is 0 Å². The molecule has 1 aromatic carbocycles. The molecule has 2 N–H and O–H groups in total. The maximum Gasteiger partial charge on any atom is 0.234 e. The lowest BCUT2D eigenvalue weighted by Crippen LogP contribution is -2.50. The lowest BCUT2D eigenvalue weighted by atomic mass is 10.2. The van der Waals surface area contributed by atoms with Crippen molar-refractivity contribution in [1.29, 1.82) is 0 Å². The van der Waals surface area contributed by atoms with E-state index in [2.05, 4.69) is 31.2 Å². The fraction of sp³-hybridized carbons (Fsp3) is 0.579. The van der Waals surface area contributed by atoms with Crippen LogP contribution in [0.4, 0.5) is 0 Å². The summed E-state index contributed by atoms with van der Waals surface area (Å²) < 4.78 is 0. The van der Waals surface area contributed by atoms with Gasteiger partial charge in [-0.05, 0) is 25.0 Å². The van der Waals surface area contributed by atoms with Crippen LogP contribution < -0.4 is 5.32 Å². The Morgan fingerprint density at radius 3 is 2.60 bits per heavy atom. The van der Waals surface area contributed by atoms with Crippen LogP contribution in [0, 0.1) is 0 Å². The van der Waals surface area contributed by atoms with E-state index in [1.54, 1.807) is 0 Å². The van der Waals surface area contributed by atoms with Gasteiger partial charge in [0.1, 0.15) is 5.82 Å². The first-order chi connectivity index (χ1) is 12.3. The number of imidazole rings is 1. The maximum atomic E-state index is 12.2. The normalized spacial score (nSPS) is 20.3. The molecular formula is C19H27N5O. The Bertz CT molecular complexity index is 680. The highest BCUT2D eigenvalue weighted by atomic mass is 16.2. The summed E-state index contributed by atoms with van der Waals surface area (Å²) in [6.45, 7) is 5.23. The summed E-state index contributed by atoms with van der Waals surface area (Å²) in [4.78, 5) is 24.9. The zero-order valence-electron chi connectivity index (χ0n) is 14.7. The number of rotatable bonds is 5. The molecule has 1 saturated carbocycles. The van der Waals surface area contributed by atoms with E-state index in [0.717, 1.165) is 62.4 Å². The Balaban J connectivity index is 1.23. The van der Waals surface area contributed by atoms with Crippen molar-refractivity contribution in [2.24, 2.45) is 0 Å². The van der Waals surface area contributed by atoms with E-state index < -0.39 is 0 Å². The highest BCUT2D eigenvalue weighted by Crippen LogP contribution is 2.17. The fourth-order valence-electron chi connectivity index (χ4n) is 3.94. The Labute approximate surface area is 148 Å². The monoisotopic (exact) mass is 341 g/mol. The second-order valence-corrected chi connectivity index (χ2v) is 7.30. The Morgan fingerprint density at radius 1 is 1.12 bits per heavy atom. The fourth-order valence-corrected chi connectivity index (χ4v) is 3.94. The van der Waals surface area contributed by atoms with Crippen molar-refractivity contribution in [1.82, 2.24) is 25.1 Å². The molecule has 1 amide bonds. The van der Waals surface area contributed by atoms with Crippen LogP contribution in [-0.2, 0) is 11.3 Å². The predicted octanol–water partition coefficient (Wildman–Crippen LogP) is 1.74. The van der Waals surface area contributed by atoms with Crippen LogP contribution in [-0.4, -0.2) is 64.4 Å². The molecule has 2 fully saturated rings. The number of aromatic amines is 1. The number of nitrogens with zero attached hydrogens (tertiary/aromatic N) is 3. The van der Waals surface area contributed by atoms with Crippen LogP contribution in [0.2, 0.25) is 0 Å². The van der Waals surface area contributed by atoms with Crippen molar-refractivity contribution < 1.29 is 4.79 Å². The Morgan fingerprint density at radius 2 is 1.84 bits per heavy atom. The van der Waals surface area contributed by atoms with Crippen LogP contribution >= 0.6 is 0 Å². The summed E-state index contributed by atoms with van der Waals surface area (Å²) in [6.07, 6.45) is 4.81. The highest BCUT2D eigenvalue weighted by Gasteiger charge is 2.22. The number of aromatic nitrogens is 2. The van der Waals surface area contributed by atoms with E-state index >= 15 is 0 Å². The number of nitrogens with one attached hydrogen (secondary N) is 2. The zero-order chi connectivity index (χ0) is 17.1. The predicted molar refractivity (Wildman–Crippen MR) is 98.2 cm³/mol. The average molecular weight is 341 g/mol. The molecule has 134 valence electrons. The quantitative estimate of drug-likeness (QED) is 0.869. The Hall–Kier alpha value is -1.92. The van der Waals surface area contributed by atoms with Crippen LogP contribution in [0.1, 0.15) is 31.5 Å². The molecule has 1 saturated heterocycles. The smallest absolute Gasteiger partial charge is 0.234 e.